The molecule has 0 bridgehead atoms. The Labute approximate surface area is 166 Å². The molecule has 0 saturated heterocycles. The number of H-pyrrole nitrogens is 1. The summed E-state index contributed by atoms with van der Waals surface area (Å²) < 4.78 is 2.24. The maximum atomic E-state index is 12.0. The Bertz CT molecular complexity index is 1180. The molecule has 0 unspecified atom stereocenters. The zero-order chi connectivity index (χ0) is 18.9. The van der Waals surface area contributed by atoms with Gasteiger partial charge < -0.3 is 9.55 Å². The lowest BCUT2D eigenvalue weighted by atomic mass is 10.1. The zero-order valence-electron chi connectivity index (χ0n) is 15.3. The van der Waals surface area contributed by atoms with Gasteiger partial charge in [-0.2, -0.15) is 0 Å². The van der Waals surface area contributed by atoms with Crippen LogP contribution in [0.25, 0.3) is 10.9 Å². The van der Waals surface area contributed by atoms with Gasteiger partial charge in [-0.25, -0.2) is 0 Å². The number of nitrogens with one attached hydrogen (secondary N) is 1. The number of fused-ring (bicyclic) bond motifs is 1. The molecule has 2 aromatic carbocycles. The predicted octanol–water partition coefficient (Wildman–Crippen LogP) is 4.34. The molecule has 1 fully saturated rings. The molecule has 1 saturated carbocycles. The van der Waals surface area contributed by atoms with Gasteiger partial charge >= 0.3 is 0 Å². The van der Waals surface area contributed by atoms with Gasteiger partial charge in [-0.15, -0.1) is 10.2 Å². The van der Waals surface area contributed by atoms with Gasteiger partial charge in [-0.05, 0) is 30.0 Å². The van der Waals surface area contributed by atoms with E-state index < -0.39 is 0 Å². The highest BCUT2D eigenvalue weighted by Crippen LogP contribution is 2.40. The molecular formula is C22H20N4OS. The van der Waals surface area contributed by atoms with E-state index in [1.165, 1.54) is 18.4 Å². The Kier molecular flexibility index (Phi) is 4.49. The fraction of sp³-hybridized carbons (Fsp3) is 0.227. The lowest BCUT2D eigenvalue weighted by Crippen LogP contribution is -2.07. The molecule has 28 heavy (non-hydrogen) atoms. The van der Waals surface area contributed by atoms with Crippen LogP contribution in [0, 0.1) is 0 Å². The average Bonchev–Trinajstić information content (AvgIpc) is 3.49. The molecule has 1 aliphatic carbocycles. The summed E-state index contributed by atoms with van der Waals surface area (Å²) >= 11 is 1.65. The van der Waals surface area contributed by atoms with E-state index in [1.54, 1.807) is 17.8 Å². The standard InChI is InChI=1S/C22H20N4OS/c27-20-12-17(18-8-4-5-9-19(18)23-20)14-28-22-25-24-21(16-10-11-16)26(22)13-15-6-2-1-3-7-15/h1-9,12,16H,10-11,13-14H2,(H,23,27). The summed E-state index contributed by atoms with van der Waals surface area (Å²) in [6.45, 7) is 0.776. The molecule has 0 atom stereocenters. The van der Waals surface area contributed by atoms with Gasteiger partial charge in [-0.1, -0.05) is 60.3 Å². The van der Waals surface area contributed by atoms with Gasteiger partial charge in [0, 0.05) is 28.6 Å². The van der Waals surface area contributed by atoms with Crippen molar-refractivity contribution in [1.29, 1.82) is 0 Å². The molecule has 0 radical (unpaired) electrons. The largest absolute Gasteiger partial charge is 0.322 e. The smallest absolute Gasteiger partial charge is 0.248 e. The van der Waals surface area contributed by atoms with Gasteiger partial charge in [0.15, 0.2) is 5.16 Å². The van der Waals surface area contributed by atoms with Crippen LogP contribution in [-0.2, 0) is 12.3 Å². The molecule has 1 aliphatic rings. The molecule has 0 amide bonds. The second-order valence-corrected chi connectivity index (χ2v) is 8.12. The second kappa shape index (κ2) is 7.28. The summed E-state index contributed by atoms with van der Waals surface area (Å²) in [7, 11) is 0. The van der Waals surface area contributed by atoms with Crippen molar-refractivity contribution in [3.05, 3.63) is 88.0 Å². The number of pyridine rings is 1. The fourth-order valence-corrected chi connectivity index (χ4v) is 4.44. The third-order valence-electron chi connectivity index (χ3n) is 5.06. The van der Waals surface area contributed by atoms with Crippen LogP contribution >= 0.6 is 11.8 Å². The number of nitrogens with zero attached hydrogens (tertiary/aromatic N) is 3. The third-order valence-corrected chi connectivity index (χ3v) is 6.08. The van der Waals surface area contributed by atoms with Crippen LogP contribution in [0.2, 0.25) is 0 Å². The number of benzene rings is 2. The highest BCUT2D eigenvalue weighted by atomic mass is 32.2. The summed E-state index contributed by atoms with van der Waals surface area (Å²) in [5, 5.41) is 11.0. The number of aromatic nitrogens is 4. The number of aromatic amines is 1. The maximum absolute atomic E-state index is 12.0. The molecule has 0 aliphatic heterocycles. The van der Waals surface area contributed by atoms with E-state index >= 15 is 0 Å². The van der Waals surface area contributed by atoms with Crippen molar-refractivity contribution < 1.29 is 0 Å². The molecule has 0 spiro atoms. The molecule has 140 valence electrons. The van der Waals surface area contributed by atoms with Crippen molar-refractivity contribution in [3.8, 4) is 0 Å². The number of hydrogen-bond donors (Lipinski definition) is 1. The van der Waals surface area contributed by atoms with Crippen molar-refractivity contribution in [3.63, 3.8) is 0 Å². The van der Waals surface area contributed by atoms with Crippen LogP contribution in [0.3, 0.4) is 0 Å². The average molecular weight is 388 g/mol. The number of hydrogen-bond acceptors (Lipinski definition) is 4. The van der Waals surface area contributed by atoms with Crippen LogP contribution in [-0.4, -0.2) is 19.7 Å². The van der Waals surface area contributed by atoms with Crippen molar-refractivity contribution >= 4 is 22.7 Å². The Hall–Kier alpha value is -2.86. The lowest BCUT2D eigenvalue weighted by Gasteiger charge is -2.11. The molecule has 5 nitrogen and oxygen atoms in total. The van der Waals surface area contributed by atoms with Crippen LogP contribution in [0.4, 0.5) is 0 Å². The van der Waals surface area contributed by atoms with Gasteiger partial charge in [0.25, 0.3) is 0 Å². The van der Waals surface area contributed by atoms with E-state index in [2.05, 4.69) is 44.0 Å². The first-order chi connectivity index (χ1) is 13.8. The fourth-order valence-electron chi connectivity index (χ4n) is 3.50. The summed E-state index contributed by atoms with van der Waals surface area (Å²) in [5.74, 6) is 2.30. The Morgan fingerprint density at radius 3 is 2.64 bits per heavy atom. The normalized spacial score (nSPS) is 13.9. The lowest BCUT2D eigenvalue weighted by molar-refractivity contribution is 0.667. The minimum atomic E-state index is -0.0706. The first kappa shape index (κ1) is 17.3. The first-order valence-electron chi connectivity index (χ1n) is 9.49. The van der Waals surface area contributed by atoms with Crippen molar-refractivity contribution in [1.82, 2.24) is 19.7 Å². The van der Waals surface area contributed by atoms with Gasteiger partial charge in [-0.3, -0.25) is 4.79 Å². The summed E-state index contributed by atoms with van der Waals surface area (Å²) in [5.41, 5.74) is 3.06. The minimum absolute atomic E-state index is 0.0706. The number of thioether (sulfide) groups is 1. The molecule has 6 heteroatoms. The molecule has 2 heterocycles. The van der Waals surface area contributed by atoms with E-state index in [-0.39, 0.29) is 5.56 Å². The second-order valence-electron chi connectivity index (χ2n) is 7.18. The molecule has 1 N–H and O–H groups in total. The molecule has 5 rings (SSSR count). The van der Waals surface area contributed by atoms with Crippen molar-refractivity contribution in [2.24, 2.45) is 0 Å². The Morgan fingerprint density at radius 1 is 1.04 bits per heavy atom. The van der Waals surface area contributed by atoms with E-state index in [4.69, 9.17) is 0 Å². The highest BCUT2D eigenvalue weighted by Gasteiger charge is 2.30. The van der Waals surface area contributed by atoms with E-state index in [9.17, 15) is 4.79 Å². The third kappa shape index (κ3) is 3.47. The Balaban J connectivity index is 1.45. The van der Waals surface area contributed by atoms with Gasteiger partial charge in [0.1, 0.15) is 5.82 Å². The predicted molar refractivity (Wildman–Crippen MR) is 112 cm³/mol. The van der Waals surface area contributed by atoms with E-state index in [1.807, 2.05) is 30.3 Å². The minimum Gasteiger partial charge on any atom is -0.322 e. The SMILES string of the molecule is O=c1cc(CSc2nnc(C3CC3)n2Cc2ccccc2)c2ccccc2[nH]1. The van der Waals surface area contributed by atoms with Gasteiger partial charge in [0.05, 0.1) is 6.54 Å². The van der Waals surface area contributed by atoms with Crippen LogP contribution in [0.1, 0.15) is 35.7 Å². The Morgan fingerprint density at radius 2 is 1.82 bits per heavy atom. The highest BCUT2D eigenvalue weighted by molar-refractivity contribution is 7.98. The number of rotatable bonds is 6. The van der Waals surface area contributed by atoms with Crippen LogP contribution in [0.15, 0.2) is 70.6 Å². The van der Waals surface area contributed by atoms with Crippen LogP contribution < -0.4 is 5.56 Å². The maximum Gasteiger partial charge on any atom is 0.248 e. The molecule has 4 aromatic rings. The monoisotopic (exact) mass is 388 g/mol. The topological polar surface area (TPSA) is 63.6 Å². The van der Waals surface area contributed by atoms with Crippen LogP contribution in [0.5, 0.6) is 0 Å². The van der Waals surface area contributed by atoms with E-state index in [0.717, 1.165) is 34.0 Å². The quantitative estimate of drug-likeness (QED) is 0.499. The zero-order valence-corrected chi connectivity index (χ0v) is 16.2. The summed E-state index contributed by atoms with van der Waals surface area (Å²) in [6.07, 6.45) is 2.38. The van der Waals surface area contributed by atoms with Crippen molar-refractivity contribution in [2.75, 3.05) is 0 Å². The summed E-state index contributed by atoms with van der Waals surface area (Å²) in [6, 6.07) is 20.0. The summed E-state index contributed by atoms with van der Waals surface area (Å²) in [4.78, 5) is 14.9. The van der Waals surface area contributed by atoms with Gasteiger partial charge in [0.2, 0.25) is 5.56 Å². The van der Waals surface area contributed by atoms with E-state index in [0.29, 0.717) is 11.7 Å². The number of para-hydroxylation sites is 1. The molecule has 2 aromatic heterocycles. The first-order valence-corrected chi connectivity index (χ1v) is 10.5. The molecular weight excluding hydrogens is 368 g/mol. The van der Waals surface area contributed by atoms with Crippen molar-refractivity contribution in [2.45, 2.75) is 36.2 Å².